The number of urea groups is 1. The lowest BCUT2D eigenvalue weighted by molar-refractivity contribution is -0.135. The van der Waals surface area contributed by atoms with Crippen LogP contribution in [-0.2, 0) is 16.0 Å². The van der Waals surface area contributed by atoms with Crippen LogP contribution < -0.4 is 0 Å². The van der Waals surface area contributed by atoms with Crippen molar-refractivity contribution in [2.75, 3.05) is 46.4 Å². The average molecular weight is 388 g/mol. The first-order valence-electron chi connectivity index (χ1n) is 10.4. The molecule has 6 heteroatoms. The highest BCUT2D eigenvalue weighted by molar-refractivity contribution is 6.07. The molecule has 2 aliphatic rings. The maximum atomic E-state index is 13.4. The highest BCUT2D eigenvalue weighted by Gasteiger charge is 2.57. The molecule has 1 spiro atoms. The van der Waals surface area contributed by atoms with E-state index in [1.54, 1.807) is 12.0 Å². The minimum absolute atomic E-state index is 0.0197. The normalized spacial score (nSPS) is 20.0. The summed E-state index contributed by atoms with van der Waals surface area (Å²) in [6.07, 6.45) is 2.09. The second-order valence-electron chi connectivity index (χ2n) is 8.35. The number of ether oxygens (including phenoxy) is 1. The van der Waals surface area contributed by atoms with Gasteiger partial charge in [0.1, 0.15) is 5.54 Å². The Hall–Kier alpha value is -1.92. The lowest BCUT2D eigenvalue weighted by atomic mass is 9.85. The summed E-state index contributed by atoms with van der Waals surface area (Å²) in [6.45, 7) is 8.52. The van der Waals surface area contributed by atoms with Crippen LogP contribution in [0.4, 0.5) is 4.79 Å². The van der Waals surface area contributed by atoms with Crippen molar-refractivity contribution in [3.63, 3.8) is 0 Å². The van der Waals surface area contributed by atoms with Gasteiger partial charge in [-0.3, -0.25) is 9.69 Å². The third-order valence-electron chi connectivity index (χ3n) is 5.91. The Labute approximate surface area is 168 Å². The molecule has 0 bridgehead atoms. The summed E-state index contributed by atoms with van der Waals surface area (Å²) >= 11 is 0. The van der Waals surface area contributed by atoms with E-state index in [0.29, 0.717) is 44.9 Å². The standard InChI is InChI=1S/C22H33N3O3/c1-18(2)17-23-13-10-22(11-14-23)20(26)24(21(27)25(22)15-16-28-3)12-9-19-7-5-4-6-8-19/h4-8,18H,9-17H2,1-3H3. The van der Waals surface area contributed by atoms with E-state index < -0.39 is 5.54 Å². The van der Waals surface area contributed by atoms with Crippen molar-refractivity contribution in [3.8, 4) is 0 Å². The number of methoxy groups -OCH3 is 1. The molecular weight excluding hydrogens is 354 g/mol. The molecule has 28 heavy (non-hydrogen) atoms. The van der Waals surface area contributed by atoms with Gasteiger partial charge in [0, 0.05) is 39.8 Å². The smallest absolute Gasteiger partial charge is 0.327 e. The topological polar surface area (TPSA) is 53.1 Å². The summed E-state index contributed by atoms with van der Waals surface area (Å²) in [7, 11) is 1.63. The highest BCUT2D eigenvalue weighted by atomic mass is 16.5. The first-order valence-corrected chi connectivity index (χ1v) is 10.4. The molecule has 2 heterocycles. The van der Waals surface area contributed by atoms with E-state index in [0.717, 1.165) is 25.2 Å². The fraction of sp³-hybridized carbons (Fsp3) is 0.636. The summed E-state index contributed by atoms with van der Waals surface area (Å²) in [6, 6.07) is 9.86. The molecule has 0 N–H and O–H groups in total. The lowest BCUT2D eigenvalue weighted by Crippen LogP contribution is -2.57. The number of benzene rings is 1. The lowest BCUT2D eigenvalue weighted by Gasteiger charge is -2.42. The second kappa shape index (κ2) is 9.05. The molecule has 2 fully saturated rings. The van der Waals surface area contributed by atoms with Crippen LogP contribution in [0, 0.1) is 5.92 Å². The van der Waals surface area contributed by atoms with Crippen LogP contribution in [0.15, 0.2) is 30.3 Å². The Balaban J connectivity index is 1.74. The number of carbonyl (C=O) groups excluding carboxylic acids is 2. The first kappa shape index (κ1) is 20.8. The molecule has 2 aliphatic heterocycles. The number of piperidine rings is 1. The zero-order valence-corrected chi connectivity index (χ0v) is 17.4. The Bertz CT molecular complexity index is 669. The minimum Gasteiger partial charge on any atom is -0.383 e. The Morgan fingerprint density at radius 2 is 1.75 bits per heavy atom. The molecule has 0 radical (unpaired) electrons. The van der Waals surface area contributed by atoms with E-state index in [2.05, 4.69) is 18.7 Å². The van der Waals surface area contributed by atoms with Crippen molar-refractivity contribution in [1.29, 1.82) is 0 Å². The van der Waals surface area contributed by atoms with Gasteiger partial charge in [-0.15, -0.1) is 0 Å². The molecule has 154 valence electrons. The quantitative estimate of drug-likeness (QED) is 0.644. The Kier molecular flexibility index (Phi) is 6.73. The van der Waals surface area contributed by atoms with Gasteiger partial charge in [0.25, 0.3) is 5.91 Å². The number of carbonyl (C=O) groups is 2. The van der Waals surface area contributed by atoms with E-state index in [9.17, 15) is 9.59 Å². The number of amides is 3. The third kappa shape index (κ3) is 4.23. The molecule has 0 atom stereocenters. The van der Waals surface area contributed by atoms with Crippen LogP contribution in [0.3, 0.4) is 0 Å². The molecule has 2 saturated heterocycles. The van der Waals surface area contributed by atoms with Crippen molar-refractivity contribution in [2.24, 2.45) is 5.92 Å². The zero-order chi connectivity index (χ0) is 20.1. The number of hydrogen-bond acceptors (Lipinski definition) is 4. The van der Waals surface area contributed by atoms with Gasteiger partial charge >= 0.3 is 6.03 Å². The van der Waals surface area contributed by atoms with Crippen LogP contribution in [0.5, 0.6) is 0 Å². The van der Waals surface area contributed by atoms with Crippen LogP contribution in [0.1, 0.15) is 32.3 Å². The molecule has 3 amide bonds. The van der Waals surface area contributed by atoms with Crippen LogP contribution in [-0.4, -0.2) is 78.6 Å². The average Bonchev–Trinajstić information content (AvgIpc) is 2.87. The van der Waals surface area contributed by atoms with Crippen LogP contribution >= 0.6 is 0 Å². The number of rotatable bonds is 8. The van der Waals surface area contributed by atoms with Gasteiger partial charge in [-0.25, -0.2) is 4.79 Å². The molecule has 3 rings (SSSR count). The van der Waals surface area contributed by atoms with Crippen molar-refractivity contribution < 1.29 is 14.3 Å². The van der Waals surface area contributed by atoms with E-state index in [-0.39, 0.29) is 11.9 Å². The van der Waals surface area contributed by atoms with E-state index in [1.165, 1.54) is 4.90 Å². The minimum atomic E-state index is -0.695. The largest absolute Gasteiger partial charge is 0.383 e. The van der Waals surface area contributed by atoms with Crippen molar-refractivity contribution in [1.82, 2.24) is 14.7 Å². The maximum absolute atomic E-state index is 13.4. The van der Waals surface area contributed by atoms with Gasteiger partial charge in [0.2, 0.25) is 0 Å². The molecule has 0 aromatic heterocycles. The molecule has 0 unspecified atom stereocenters. The van der Waals surface area contributed by atoms with Gasteiger partial charge in [0.15, 0.2) is 0 Å². The maximum Gasteiger partial charge on any atom is 0.327 e. The van der Waals surface area contributed by atoms with Gasteiger partial charge in [-0.05, 0) is 30.7 Å². The third-order valence-corrected chi connectivity index (χ3v) is 5.91. The molecule has 0 aliphatic carbocycles. The summed E-state index contributed by atoms with van der Waals surface area (Å²) < 4.78 is 5.23. The Morgan fingerprint density at radius 1 is 1.07 bits per heavy atom. The van der Waals surface area contributed by atoms with Crippen LogP contribution in [0.25, 0.3) is 0 Å². The van der Waals surface area contributed by atoms with E-state index >= 15 is 0 Å². The molecule has 6 nitrogen and oxygen atoms in total. The highest BCUT2D eigenvalue weighted by Crippen LogP contribution is 2.37. The monoisotopic (exact) mass is 387 g/mol. The summed E-state index contributed by atoms with van der Waals surface area (Å²) in [5, 5.41) is 0. The van der Waals surface area contributed by atoms with E-state index in [1.807, 2.05) is 30.3 Å². The Morgan fingerprint density at radius 3 is 2.36 bits per heavy atom. The number of likely N-dealkylation sites (tertiary alicyclic amines) is 1. The van der Waals surface area contributed by atoms with Crippen molar-refractivity contribution >= 4 is 11.9 Å². The van der Waals surface area contributed by atoms with Crippen molar-refractivity contribution in [3.05, 3.63) is 35.9 Å². The van der Waals surface area contributed by atoms with Gasteiger partial charge in [-0.1, -0.05) is 44.2 Å². The molecule has 1 aromatic carbocycles. The predicted molar refractivity (Wildman–Crippen MR) is 109 cm³/mol. The van der Waals surface area contributed by atoms with E-state index in [4.69, 9.17) is 4.74 Å². The zero-order valence-electron chi connectivity index (χ0n) is 17.4. The number of nitrogens with zero attached hydrogens (tertiary/aromatic N) is 3. The van der Waals surface area contributed by atoms with Crippen molar-refractivity contribution in [2.45, 2.75) is 38.6 Å². The number of hydrogen-bond donors (Lipinski definition) is 0. The second-order valence-corrected chi connectivity index (χ2v) is 8.35. The molecular formula is C22H33N3O3. The summed E-state index contributed by atoms with van der Waals surface area (Å²) in [4.78, 5) is 32.2. The van der Waals surface area contributed by atoms with Gasteiger partial charge in [0.05, 0.1) is 6.61 Å². The number of imide groups is 1. The summed E-state index contributed by atoms with van der Waals surface area (Å²) in [5.41, 5.74) is 0.444. The fourth-order valence-electron chi connectivity index (χ4n) is 4.46. The SMILES string of the molecule is COCCN1C(=O)N(CCc2ccccc2)C(=O)C12CCN(CC(C)C)CC2. The van der Waals surface area contributed by atoms with Gasteiger partial charge < -0.3 is 14.5 Å². The molecule has 1 aromatic rings. The van der Waals surface area contributed by atoms with Gasteiger partial charge in [-0.2, -0.15) is 0 Å². The summed E-state index contributed by atoms with van der Waals surface area (Å²) in [5.74, 6) is 0.579. The van der Waals surface area contributed by atoms with Crippen LogP contribution in [0.2, 0.25) is 0 Å². The molecule has 0 saturated carbocycles. The first-order chi connectivity index (χ1) is 13.5. The predicted octanol–water partition coefficient (Wildman–Crippen LogP) is 2.63. The fourth-order valence-corrected chi connectivity index (χ4v) is 4.46.